The second kappa shape index (κ2) is 5.43. The van der Waals surface area contributed by atoms with Crippen LogP contribution in [0.5, 0.6) is 11.8 Å². The minimum atomic E-state index is -4.97. The quantitative estimate of drug-likeness (QED) is 0.765. The number of alkyl halides is 6. The molecule has 3 nitrogen and oxygen atoms in total. The second-order valence-corrected chi connectivity index (χ2v) is 3.96. The molecule has 0 N–H and O–H groups in total. The summed E-state index contributed by atoms with van der Waals surface area (Å²) in [4.78, 5) is 6.37. The first-order valence-corrected chi connectivity index (χ1v) is 5.52. The molecule has 0 bridgehead atoms. The molecule has 0 fully saturated rings. The van der Waals surface area contributed by atoms with Crippen LogP contribution in [0.4, 0.5) is 30.7 Å². The molecule has 0 amide bonds. The molecule has 1 aromatic heterocycles. The average molecular weight is 326 g/mol. The van der Waals surface area contributed by atoms with Gasteiger partial charge in [0.15, 0.2) is 5.69 Å². The SMILES string of the molecule is Fc1ccc(Oc2nccc(C(F)(F)F)n2)cc1C(F)(F)F. The zero-order valence-electron chi connectivity index (χ0n) is 10.3. The minimum absolute atomic E-state index is 0.305. The summed E-state index contributed by atoms with van der Waals surface area (Å²) in [6.45, 7) is 0. The van der Waals surface area contributed by atoms with Crippen molar-refractivity contribution in [2.24, 2.45) is 0 Å². The third-order valence-corrected chi connectivity index (χ3v) is 2.38. The van der Waals surface area contributed by atoms with Gasteiger partial charge in [-0.05, 0) is 24.3 Å². The first-order chi connectivity index (χ1) is 10.1. The minimum Gasteiger partial charge on any atom is -0.424 e. The van der Waals surface area contributed by atoms with Crippen molar-refractivity contribution in [3.8, 4) is 11.8 Å². The van der Waals surface area contributed by atoms with Gasteiger partial charge in [0.1, 0.15) is 11.6 Å². The van der Waals surface area contributed by atoms with Gasteiger partial charge in [0.25, 0.3) is 0 Å². The Morgan fingerprint density at radius 1 is 0.909 bits per heavy atom. The van der Waals surface area contributed by atoms with Crippen LogP contribution in [0.1, 0.15) is 11.3 Å². The first-order valence-electron chi connectivity index (χ1n) is 5.52. The molecule has 0 saturated heterocycles. The molecule has 0 unspecified atom stereocenters. The molecular weight excluding hydrogens is 321 g/mol. The highest BCUT2D eigenvalue weighted by molar-refractivity contribution is 5.33. The smallest absolute Gasteiger partial charge is 0.424 e. The van der Waals surface area contributed by atoms with Crippen LogP contribution in [0.15, 0.2) is 30.5 Å². The number of hydrogen-bond acceptors (Lipinski definition) is 3. The third kappa shape index (κ3) is 3.62. The molecular formula is C12H5F7N2O. The van der Waals surface area contributed by atoms with E-state index in [1.54, 1.807) is 0 Å². The van der Waals surface area contributed by atoms with Gasteiger partial charge in [0.2, 0.25) is 0 Å². The van der Waals surface area contributed by atoms with Crippen molar-refractivity contribution in [2.45, 2.75) is 12.4 Å². The molecule has 0 aliphatic heterocycles. The number of halogens is 7. The molecule has 118 valence electrons. The zero-order chi connectivity index (χ0) is 16.5. The summed E-state index contributed by atoms with van der Waals surface area (Å²) < 4.78 is 92.6. The van der Waals surface area contributed by atoms with Crippen LogP contribution in [0.2, 0.25) is 0 Å². The zero-order valence-corrected chi connectivity index (χ0v) is 10.3. The maximum absolute atomic E-state index is 13.1. The monoisotopic (exact) mass is 326 g/mol. The van der Waals surface area contributed by atoms with E-state index in [4.69, 9.17) is 4.74 Å². The van der Waals surface area contributed by atoms with Gasteiger partial charge in [-0.15, -0.1) is 0 Å². The summed E-state index contributed by atoms with van der Waals surface area (Å²) in [7, 11) is 0. The molecule has 2 rings (SSSR count). The molecule has 22 heavy (non-hydrogen) atoms. The van der Waals surface area contributed by atoms with Gasteiger partial charge in [-0.2, -0.15) is 31.3 Å². The Labute approximate surface area is 118 Å². The van der Waals surface area contributed by atoms with Crippen LogP contribution in [0.25, 0.3) is 0 Å². The van der Waals surface area contributed by atoms with Crippen LogP contribution < -0.4 is 4.74 Å². The molecule has 1 aromatic carbocycles. The maximum Gasteiger partial charge on any atom is 0.433 e. The maximum atomic E-state index is 13.1. The van der Waals surface area contributed by atoms with Gasteiger partial charge in [0.05, 0.1) is 5.56 Å². The van der Waals surface area contributed by atoms with Crippen LogP contribution in [0, 0.1) is 5.82 Å². The Morgan fingerprint density at radius 2 is 1.59 bits per heavy atom. The Hall–Kier alpha value is -2.39. The van der Waals surface area contributed by atoms with E-state index in [0.29, 0.717) is 18.2 Å². The Balaban J connectivity index is 2.32. The summed E-state index contributed by atoms with van der Waals surface area (Å²) in [5, 5.41) is 0. The van der Waals surface area contributed by atoms with E-state index in [9.17, 15) is 30.7 Å². The number of nitrogens with zero attached hydrogens (tertiary/aromatic N) is 2. The van der Waals surface area contributed by atoms with Crippen molar-refractivity contribution in [2.75, 3.05) is 0 Å². The van der Waals surface area contributed by atoms with Crippen molar-refractivity contribution in [1.82, 2.24) is 9.97 Å². The second-order valence-electron chi connectivity index (χ2n) is 3.96. The Morgan fingerprint density at radius 3 is 2.18 bits per heavy atom. The third-order valence-electron chi connectivity index (χ3n) is 2.38. The predicted octanol–water partition coefficient (Wildman–Crippen LogP) is 4.45. The van der Waals surface area contributed by atoms with Crippen molar-refractivity contribution in [1.29, 1.82) is 0 Å². The van der Waals surface area contributed by atoms with Gasteiger partial charge in [0, 0.05) is 6.20 Å². The largest absolute Gasteiger partial charge is 0.433 e. The molecule has 0 aliphatic carbocycles. The fourth-order valence-corrected chi connectivity index (χ4v) is 1.44. The van der Waals surface area contributed by atoms with Crippen LogP contribution >= 0.6 is 0 Å². The lowest BCUT2D eigenvalue weighted by atomic mass is 10.2. The summed E-state index contributed by atoms with van der Waals surface area (Å²) in [5.41, 5.74) is -2.94. The van der Waals surface area contributed by atoms with Crippen LogP contribution in [0.3, 0.4) is 0 Å². The molecule has 0 aliphatic rings. The van der Waals surface area contributed by atoms with Gasteiger partial charge < -0.3 is 4.74 Å². The first kappa shape index (κ1) is 16.0. The van der Waals surface area contributed by atoms with E-state index >= 15 is 0 Å². The van der Waals surface area contributed by atoms with E-state index in [-0.39, 0.29) is 0 Å². The number of rotatable bonds is 2. The molecule has 2 aromatic rings. The van der Waals surface area contributed by atoms with E-state index in [0.717, 1.165) is 12.3 Å². The van der Waals surface area contributed by atoms with E-state index in [1.807, 2.05) is 0 Å². The van der Waals surface area contributed by atoms with E-state index < -0.39 is 41.2 Å². The lowest BCUT2D eigenvalue weighted by Gasteiger charge is -2.11. The summed E-state index contributed by atoms with van der Waals surface area (Å²) in [6.07, 6.45) is -9.00. The lowest BCUT2D eigenvalue weighted by Crippen LogP contribution is -2.10. The van der Waals surface area contributed by atoms with Crippen molar-refractivity contribution in [3.05, 3.63) is 47.5 Å². The van der Waals surface area contributed by atoms with Gasteiger partial charge in [-0.1, -0.05) is 0 Å². The highest BCUT2D eigenvalue weighted by Gasteiger charge is 2.35. The van der Waals surface area contributed by atoms with Gasteiger partial charge in [-0.25, -0.2) is 9.37 Å². The van der Waals surface area contributed by atoms with Crippen LogP contribution in [-0.2, 0) is 12.4 Å². The predicted molar refractivity (Wildman–Crippen MR) is 58.5 cm³/mol. The van der Waals surface area contributed by atoms with E-state index in [2.05, 4.69) is 9.97 Å². The van der Waals surface area contributed by atoms with Crippen LogP contribution in [-0.4, -0.2) is 9.97 Å². The average Bonchev–Trinajstić information content (AvgIpc) is 2.39. The number of ether oxygens (including phenoxy) is 1. The summed E-state index contributed by atoms with van der Waals surface area (Å²) in [5.74, 6) is -2.09. The highest BCUT2D eigenvalue weighted by atomic mass is 19.4. The number of aromatic nitrogens is 2. The standard InChI is InChI=1S/C12H5F7N2O/c13-8-2-1-6(5-7(8)11(14,15)16)22-10-20-4-3-9(21-10)12(17,18)19/h1-5H. The lowest BCUT2D eigenvalue weighted by molar-refractivity contribution is -0.141. The molecule has 0 atom stereocenters. The molecule has 1 heterocycles. The Bertz CT molecular complexity index is 682. The summed E-state index contributed by atoms with van der Waals surface area (Å²) in [6, 6.07) is 1.35. The Kier molecular flexibility index (Phi) is 3.94. The highest BCUT2D eigenvalue weighted by Crippen LogP contribution is 2.34. The topological polar surface area (TPSA) is 35.0 Å². The molecule has 0 spiro atoms. The molecule has 0 radical (unpaired) electrons. The number of hydrogen-bond donors (Lipinski definition) is 0. The van der Waals surface area contributed by atoms with Crippen molar-refractivity contribution < 1.29 is 35.5 Å². The van der Waals surface area contributed by atoms with Gasteiger partial charge >= 0.3 is 18.4 Å². The fraction of sp³-hybridized carbons (Fsp3) is 0.167. The van der Waals surface area contributed by atoms with Crippen molar-refractivity contribution in [3.63, 3.8) is 0 Å². The molecule has 10 heteroatoms. The molecule has 0 saturated carbocycles. The van der Waals surface area contributed by atoms with Crippen molar-refractivity contribution >= 4 is 0 Å². The van der Waals surface area contributed by atoms with E-state index in [1.165, 1.54) is 0 Å². The normalized spacial score (nSPS) is 12.3. The fourth-order valence-electron chi connectivity index (χ4n) is 1.44. The number of benzene rings is 1. The van der Waals surface area contributed by atoms with Gasteiger partial charge in [-0.3, -0.25) is 0 Å². The summed E-state index contributed by atoms with van der Waals surface area (Å²) >= 11 is 0.